The fourth-order valence-electron chi connectivity index (χ4n) is 2.88. The van der Waals surface area contributed by atoms with Crippen LogP contribution in [0.15, 0.2) is 66.9 Å². The van der Waals surface area contributed by atoms with Crippen molar-refractivity contribution >= 4 is 23.2 Å². The van der Waals surface area contributed by atoms with E-state index in [2.05, 4.69) is 25.9 Å². The maximum absolute atomic E-state index is 12.6. The van der Waals surface area contributed by atoms with E-state index in [1.807, 2.05) is 60.7 Å². The number of carbonyl (C=O) groups is 2. The van der Waals surface area contributed by atoms with Crippen molar-refractivity contribution in [3.8, 4) is 5.13 Å². The molecule has 0 saturated carbocycles. The molecule has 0 aliphatic carbocycles. The highest BCUT2D eigenvalue weighted by Crippen LogP contribution is 2.21. The van der Waals surface area contributed by atoms with Crippen LogP contribution in [0.1, 0.15) is 37.0 Å². The molecule has 0 bridgehead atoms. The molecule has 8 nitrogen and oxygen atoms in total. The molecule has 0 atom stereocenters. The normalized spacial score (nSPS) is 10.6. The minimum atomic E-state index is -0.329. The highest BCUT2D eigenvalue weighted by Gasteiger charge is 2.18. The van der Waals surface area contributed by atoms with Gasteiger partial charge in [0.2, 0.25) is 5.13 Å². The first kappa shape index (κ1) is 20.4. The topological polar surface area (TPSA) is 102 Å². The summed E-state index contributed by atoms with van der Waals surface area (Å²) in [6.07, 6.45) is 1.50. The SMILES string of the molecule is Cc1nc(-n2cc(C(=O)NCc3ccccc3)nn2)sc1C(=O)NCc1ccccc1. The maximum Gasteiger partial charge on any atom is 0.273 e. The van der Waals surface area contributed by atoms with Crippen molar-refractivity contribution in [1.29, 1.82) is 0 Å². The van der Waals surface area contributed by atoms with Crippen LogP contribution in [0.4, 0.5) is 0 Å². The molecule has 0 fully saturated rings. The van der Waals surface area contributed by atoms with Gasteiger partial charge in [0.1, 0.15) is 4.88 Å². The smallest absolute Gasteiger partial charge is 0.273 e. The Labute approximate surface area is 183 Å². The van der Waals surface area contributed by atoms with Gasteiger partial charge >= 0.3 is 0 Å². The van der Waals surface area contributed by atoms with Crippen molar-refractivity contribution in [2.24, 2.45) is 0 Å². The number of rotatable bonds is 7. The van der Waals surface area contributed by atoms with Gasteiger partial charge in [0, 0.05) is 13.1 Å². The fourth-order valence-corrected chi connectivity index (χ4v) is 3.79. The maximum atomic E-state index is 12.6. The van der Waals surface area contributed by atoms with Crippen LogP contribution >= 0.6 is 11.3 Å². The van der Waals surface area contributed by atoms with Gasteiger partial charge in [-0.15, -0.1) is 5.10 Å². The Morgan fingerprint density at radius 3 is 2.10 bits per heavy atom. The lowest BCUT2D eigenvalue weighted by Crippen LogP contribution is -2.23. The zero-order valence-electron chi connectivity index (χ0n) is 16.8. The average molecular weight is 433 g/mol. The number of hydrogen-bond acceptors (Lipinski definition) is 6. The molecule has 0 unspecified atom stereocenters. The van der Waals surface area contributed by atoms with Crippen LogP contribution in [-0.2, 0) is 13.1 Å². The van der Waals surface area contributed by atoms with Gasteiger partial charge in [0.15, 0.2) is 5.69 Å². The van der Waals surface area contributed by atoms with Crippen molar-refractivity contribution < 1.29 is 9.59 Å². The molecule has 2 heterocycles. The lowest BCUT2D eigenvalue weighted by atomic mass is 10.2. The van der Waals surface area contributed by atoms with Crippen LogP contribution in [0.25, 0.3) is 5.13 Å². The van der Waals surface area contributed by atoms with Gasteiger partial charge in [-0.3, -0.25) is 9.59 Å². The van der Waals surface area contributed by atoms with E-state index in [0.717, 1.165) is 11.1 Å². The molecular weight excluding hydrogens is 412 g/mol. The summed E-state index contributed by atoms with van der Waals surface area (Å²) in [5.41, 5.74) is 2.78. The number of benzene rings is 2. The van der Waals surface area contributed by atoms with Gasteiger partial charge in [-0.25, -0.2) is 4.98 Å². The number of thiazole rings is 1. The Morgan fingerprint density at radius 2 is 1.48 bits per heavy atom. The number of amides is 2. The number of aromatic nitrogens is 4. The molecule has 2 aromatic heterocycles. The lowest BCUT2D eigenvalue weighted by Gasteiger charge is -2.03. The summed E-state index contributed by atoms with van der Waals surface area (Å²) in [6.45, 7) is 2.60. The number of nitrogens with zero attached hydrogens (tertiary/aromatic N) is 4. The molecule has 9 heteroatoms. The molecule has 156 valence electrons. The van der Waals surface area contributed by atoms with Crippen molar-refractivity contribution in [1.82, 2.24) is 30.6 Å². The molecule has 0 aliphatic heterocycles. The van der Waals surface area contributed by atoms with E-state index in [1.165, 1.54) is 22.2 Å². The Kier molecular flexibility index (Phi) is 6.13. The highest BCUT2D eigenvalue weighted by atomic mass is 32.1. The molecule has 0 spiro atoms. The second-order valence-electron chi connectivity index (χ2n) is 6.80. The Bertz CT molecular complexity index is 1190. The minimum absolute atomic E-state index is 0.180. The van der Waals surface area contributed by atoms with Crippen LogP contribution in [-0.4, -0.2) is 31.8 Å². The predicted molar refractivity (Wildman–Crippen MR) is 117 cm³/mol. The Morgan fingerprint density at radius 1 is 0.903 bits per heavy atom. The van der Waals surface area contributed by atoms with Crippen molar-refractivity contribution in [3.63, 3.8) is 0 Å². The molecule has 31 heavy (non-hydrogen) atoms. The Hall–Kier alpha value is -3.85. The summed E-state index contributed by atoms with van der Waals surface area (Å²) >= 11 is 1.20. The highest BCUT2D eigenvalue weighted by molar-refractivity contribution is 7.16. The van der Waals surface area contributed by atoms with Crippen molar-refractivity contribution in [3.05, 3.63) is 94.3 Å². The van der Waals surface area contributed by atoms with Crippen LogP contribution in [0.3, 0.4) is 0 Å². The zero-order valence-corrected chi connectivity index (χ0v) is 17.6. The quantitative estimate of drug-likeness (QED) is 0.468. The van der Waals surface area contributed by atoms with E-state index in [4.69, 9.17) is 0 Å². The molecule has 2 aromatic carbocycles. The van der Waals surface area contributed by atoms with Crippen molar-refractivity contribution in [2.45, 2.75) is 20.0 Å². The first-order valence-electron chi connectivity index (χ1n) is 9.64. The molecule has 0 radical (unpaired) electrons. The summed E-state index contributed by atoms with van der Waals surface area (Å²) in [6, 6.07) is 19.3. The first-order valence-corrected chi connectivity index (χ1v) is 10.5. The molecule has 2 amide bonds. The molecule has 4 aromatic rings. The fraction of sp³-hybridized carbons (Fsp3) is 0.136. The summed E-state index contributed by atoms with van der Waals surface area (Å²) in [7, 11) is 0. The summed E-state index contributed by atoms with van der Waals surface area (Å²) < 4.78 is 1.41. The second-order valence-corrected chi connectivity index (χ2v) is 7.77. The van der Waals surface area contributed by atoms with Gasteiger partial charge in [-0.2, -0.15) is 4.68 Å². The lowest BCUT2D eigenvalue weighted by molar-refractivity contribution is 0.0941. The second kappa shape index (κ2) is 9.31. The van der Waals surface area contributed by atoms with Crippen LogP contribution in [0.5, 0.6) is 0 Å². The van der Waals surface area contributed by atoms with E-state index >= 15 is 0 Å². The summed E-state index contributed by atoms with van der Waals surface area (Å²) in [5, 5.41) is 14.1. The Balaban J connectivity index is 1.40. The number of carbonyl (C=O) groups excluding carboxylic acids is 2. The number of aryl methyl sites for hydroxylation is 1. The standard InChI is InChI=1S/C22H20N6O2S/c1-15-19(21(30)24-13-17-10-6-3-7-11-17)31-22(25-15)28-14-18(26-27-28)20(29)23-12-16-8-4-2-5-9-16/h2-11,14H,12-13H2,1H3,(H,23,29)(H,24,30). The van der Waals surface area contributed by atoms with Gasteiger partial charge in [-0.05, 0) is 18.1 Å². The van der Waals surface area contributed by atoms with Gasteiger partial charge in [0.25, 0.3) is 11.8 Å². The average Bonchev–Trinajstić information content (AvgIpc) is 3.44. The van der Waals surface area contributed by atoms with Gasteiger partial charge < -0.3 is 10.6 Å². The largest absolute Gasteiger partial charge is 0.347 e. The van der Waals surface area contributed by atoms with Crippen molar-refractivity contribution in [2.75, 3.05) is 0 Å². The van der Waals surface area contributed by atoms with Crippen LogP contribution in [0.2, 0.25) is 0 Å². The van der Waals surface area contributed by atoms with Crippen LogP contribution < -0.4 is 10.6 Å². The van der Waals surface area contributed by atoms with E-state index < -0.39 is 0 Å². The third-order valence-corrected chi connectivity index (χ3v) is 5.65. The van der Waals surface area contributed by atoms with Crippen LogP contribution in [0, 0.1) is 6.92 Å². The molecule has 0 aliphatic rings. The zero-order chi connectivity index (χ0) is 21.6. The minimum Gasteiger partial charge on any atom is -0.347 e. The molecule has 2 N–H and O–H groups in total. The van der Waals surface area contributed by atoms with E-state index in [1.54, 1.807) is 6.92 Å². The molecule has 0 saturated heterocycles. The predicted octanol–water partition coefficient (Wildman–Crippen LogP) is 2.89. The summed E-state index contributed by atoms with van der Waals surface area (Å²) in [4.78, 5) is 29.8. The van der Waals surface area contributed by atoms with E-state index in [0.29, 0.717) is 28.8 Å². The molecule has 4 rings (SSSR count). The number of hydrogen-bond donors (Lipinski definition) is 2. The third-order valence-electron chi connectivity index (χ3n) is 4.51. The summed E-state index contributed by atoms with van der Waals surface area (Å²) in [5.74, 6) is -0.532. The van der Waals surface area contributed by atoms with E-state index in [9.17, 15) is 9.59 Å². The molecular formula is C22H20N6O2S. The first-order chi connectivity index (χ1) is 15.1. The van der Waals surface area contributed by atoms with Gasteiger partial charge in [0.05, 0.1) is 11.9 Å². The monoisotopic (exact) mass is 432 g/mol. The van der Waals surface area contributed by atoms with E-state index in [-0.39, 0.29) is 17.5 Å². The van der Waals surface area contributed by atoms with Gasteiger partial charge in [-0.1, -0.05) is 77.2 Å². The third kappa shape index (κ3) is 5.01. The number of nitrogens with one attached hydrogen (secondary N) is 2.